The highest BCUT2D eigenvalue weighted by atomic mass is 31.2. The Morgan fingerprint density at radius 1 is 1.35 bits per heavy atom. The highest BCUT2D eigenvalue weighted by Crippen LogP contribution is 2.46. The second-order valence-corrected chi connectivity index (χ2v) is 7.77. The van der Waals surface area contributed by atoms with Gasteiger partial charge in [-0.25, -0.2) is 5.09 Å². The summed E-state index contributed by atoms with van der Waals surface area (Å²) in [4.78, 5) is 11.6. The van der Waals surface area contributed by atoms with Crippen molar-refractivity contribution >= 4 is 13.5 Å². The summed E-state index contributed by atoms with van der Waals surface area (Å²) in [6, 6.07) is 6.38. The monoisotopic (exact) mass is 345 g/mol. The molecule has 8 heteroatoms. The third kappa shape index (κ3) is 5.04. The van der Waals surface area contributed by atoms with Gasteiger partial charge in [-0.3, -0.25) is 9.36 Å². The van der Waals surface area contributed by atoms with Crippen LogP contribution in [0.3, 0.4) is 0 Å². The van der Waals surface area contributed by atoms with Crippen molar-refractivity contribution in [2.75, 3.05) is 13.5 Å². The molecular formula is C15H24NO6P. The Morgan fingerprint density at radius 3 is 2.30 bits per heavy atom. The van der Waals surface area contributed by atoms with E-state index in [1.165, 1.54) is 14.0 Å². The van der Waals surface area contributed by atoms with Gasteiger partial charge < -0.3 is 19.5 Å². The topological polar surface area (TPSA) is 105 Å². The summed E-state index contributed by atoms with van der Waals surface area (Å²) >= 11 is 0. The van der Waals surface area contributed by atoms with E-state index in [9.17, 15) is 14.5 Å². The van der Waals surface area contributed by atoms with Crippen LogP contribution in [-0.4, -0.2) is 35.2 Å². The second-order valence-electron chi connectivity index (χ2n) is 5.76. The van der Waals surface area contributed by atoms with Crippen molar-refractivity contribution in [2.24, 2.45) is 5.92 Å². The number of aliphatic hydroxyl groups excluding tert-OH is 1. The van der Waals surface area contributed by atoms with Crippen molar-refractivity contribution in [1.82, 2.24) is 5.09 Å². The van der Waals surface area contributed by atoms with Crippen LogP contribution in [0.2, 0.25) is 0 Å². The fraction of sp³-hybridized carbons (Fsp3) is 0.533. The van der Waals surface area contributed by atoms with Gasteiger partial charge in [-0.1, -0.05) is 26.0 Å². The molecule has 0 spiro atoms. The zero-order valence-corrected chi connectivity index (χ0v) is 14.7. The molecule has 0 heterocycles. The molecule has 0 aliphatic rings. The summed E-state index contributed by atoms with van der Waals surface area (Å²) in [6.07, 6.45) is -0.273. The smallest absolute Gasteiger partial charge is 0.342 e. The van der Waals surface area contributed by atoms with Gasteiger partial charge in [0.1, 0.15) is 17.6 Å². The number of aliphatic carboxylic acids is 1. The van der Waals surface area contributed by atoms with E-state index in [-0.39, 0.29) is 18.9 Å². The maximum absolute atomic E-state index is 13.0. The normalized spacial score (nSPS) is 16.6. The minimum atomic E-state index is -3.61. The van der Waals surface area contributed by atoms with Crippen LogP contribution in [0.4, 0.5) is 0 Å². The van der Waals surface area contributed by atoms with Gasteiger partial charge in [0.05, 0.1) is 6.61 Å². The van der Waals surface area contributed by atoms with Crippen LogP contribution >= 0.6 is 7.52 Å². The fourth-order valence-corrected chi connectivity index (χ4v) is 3.88. The van der Waals surface area contributed by atoms with Gasteiger partial charge in [0.25, 0.3) is 0 Å². The largest absolute Gasteiger partial charge is 0.480 e. The first-order chi connectivity index (χ1) is 10.7. The molecule has 0 aliphatic heterocycles. The minimum absolute atomic E-state index is 0.112. The number of carbonyl (C=O) groups is 1. The SMILES string of the molecule is COCP(=O)(N[C@](C)(C(=O)O)C(C)C)Oc1ccc(CO)cc1. The zero-order chi connectivity index (χ0) is 17.7. The van der Waals surface area contributed by atoms with Crippen molar-refractivity contribution in [3.63, 3.8) is 0 Å². The summed E-state index contributed by atoms with van der Waals surface area (Å²) in [5, 5.41) is 21.1. The van der Waals surface area contributed by atoms with Crippen molar-refractivity contribution in [3.05, 3.63) is 29.8 Å². The summed E-state index contributed by atoms with van der Waals surface area (Å²) in [6.45, 7) is 4.78. The van der Waals surface area contributed by atoms with Crippen LogP contribution < -0.4 is 9.61 Å². The number of hydrogen-bond donors (Lipinski definition) is 3. The number of ether oxygens (including phenoxy) is 1. The summed E-state index contributed by atoms with van der Waals surface area (Å²) in [7, 11) is -2.25. The van der Waals surface area contributed by atoms with Gasteiger partial charge in [-0.15, -0.1) is 0 Å². The lowest BCUT2D eigenvalue weighted by Gasteiger charge is -2.34. The number of carboxylic acid groups (broad SMARTS) is 1. The molecule has 1 aromatic rings. The molecule has 130 valence electrons. The molecule has 0 saturated heterocycles. The molecule has 3 N–H and O–H groups in total. The molecule has 0 fully saturated rings. The van der Waals surface area contributed by atoms with E-state index in [1.807, 2.05) is 0 Å². The molecule has 7 nitrogen and oxygen atoms in total. The number of methoxy groups -OCH3 is 1. The van der Waals surface area contributed by atoms with E-state index in [1.54, 1.807) is 38.1 Å². The Kier molecular flexibility index (Phi) is 6.77. The number of carboxylic acids is 1. The summed E-state index contributed by atoms with van der Waals surface area (Å²) in [5.41, 5.74) is -0.747. The van der Waals surface area contributed by atoms with Gasteiger partial charge >= 0.3 is 13.5 Å². The minimum Gasteiger partial charge on any atom is -0.480 e. The van der Waals surface area contributed by atoms with E-state index in [0.717, 1.165) is 0 Å². The molecule has 0 aromatic heterocycles. The van der Waals surface area contributed by atoms with E-state index in [2.05, 4.69) is 5.09 Å². The lowest BCUT2D eigenvalue weighted by molar-refractivity contribution is -0.145. The number of rotatable bonds is 9. The zero-order valence-electron chi connectivity index (χ0n) is 13.8. The Bertz CT molecular complexity index is 574. The highest BCUT2D eigenvalue weighted by molar-refractivity contribution is 7.57. The van der Waals surface area contributed by atoms with Crippen molar-refractivity contribution in [1.29, 1.82) is 0 Å². The Balaban J connectivity index is 3.05. The van der Waals surface area contributed by atoms with Crippen molar-refractivity contribution < 1.29 is 28.8 Å². The highest BCUT2D eigenvalue weighted by Gasteiger charge is 2.43. The number of aliphatic hydroxyl groups is 1. The van der Waals surface area contributed by atoms with E-state index in [0.29, 0.717) is 11.3 Å². The van der Waals surface area contributed by atoms with Crippen LogP contribution in [0.25, 0.3) is 0 Å². The van der Waals surface area contributed by atoms with Gasteiger partial charge in [-0.05, 0) is 30.5 Å². The predicted molar refractivity (Wildman–Crippen MR) is 86.5 cm³/mol. The number of hydrogen-bond acceptors (Lipinski definition) is 5. The average molecular weight is 345 g/mol. The Morgan fingerprint density at radius 2 is 1.91 bits per heavy atom. The fourth-order valence-electron chi connectivity index (χ4n) is 1.86. The first kappa shape index (κ1) is 19.6. The third-order valence-corrected chi connectivity index (χ3v) is 5.57. The first-order valence-electron chi connectivity index (χ1n) is 7.17. The van der Waals surface area contributed by atoms with E-state index in [4.69, 9.17) is 14.4 Å². The molecule has 23 heavy (non-hydrogen) atoms. The van der Waals surface area contributed by atoms with Crippen molar-refractivity contribution in [3.8, 4) is 5.75 Å². The molecule has 0 bridgehead atoms. The molecule has 1 aromatic carbocycles. The number of benzene rings is 1. The molecule has 0 aliphatic carbocycles. The van der Waals surface area contributed by atoms with Crippen LogP contribution in [-0.2, 0) is 20.7 Å². The molecule has 0 saturated carbocycles. The van der Waals surface area contributed by atoms with Gasteiger partial charge in [-0.2, -0.15) is 0 Å². The Hall–Kier alpha value is -1.40. The van der Waals surface area contributed by atoms with Crippen LogP contribution in [0.1, 0.15) is 26.3 Å². The molecular weight excluding hydrogens is 321 g/mol. The van der Waals surface area contributed by atoms with Gasteiger partial charge in [0.15, 0.2) is 0 Å². The van der Waals surface area contributed by atoms with Crippen molar-refractivity contribution in [2.45, 2.75) is 32.9 Å². The lowest BCUT2D eigenvalue weighted by Crippen LogP contribution is -2.52. The van der Waals surface area contributed by atoms with Crippen LogP contribution in [0.5, 0.6) is 5.75 Å². The average Bonchev–Trinajstić information content (AvgIpc) is 2.47. The first-order valence-corrected chi connectivity index (χ1v) is 8.98. The van der Waals surface area contributed by atoms with Gasteiger partial charge in [0.2, 0.25) is 0 Å². The van der Waals surface area contributed by atoms with Gasteiger partial charge in [0, 0.05) is 7.11 Å². The molecule has 1 unspecified atom stereocenters. The van der Waals surface area contributed by atoms with E-state index >= 15 is 0 Å². The maximum atomic E-state index is 13.0. The standard InChI is InChI=1S/C15H24NO6P/c1-11(2)15(3,14(18)19)16-23(20,10-21-4)22-13-7-5-12(9-17)6-8-13/h5-8,11,17H,9-10H2,1-4H3,(H,16,20)(H,18,19)/t15-,23?/m0/s1. The van der Waals surface area contributed by atoms with Crippen LogP contribution in [0, 0.1) is 5.92 Å². The second kappa shape index (κ2) is 7.93. The molecule has 0 amide bonds. The quantitative estimate of drug-likeness (QED) is 0.590. The third-order valence-electron chi connectivity index (χ3n) is 3.66. The molecule has 0 radical (unpaired) electrons. The Labute approximate surface area is 136 Å². The predicted octanol–water partition coefficient (Wildman–Crippen LogP) is 2.44. The van der Waals surface area contributed by atoms with E-state index < -0.39 is 19.0 Å². The molecule has 2 atom stereocenters. The van der Waals surface area contributed by atoms with Crippen LogP contribution in [0.15, 0.2) is 24.3 Å². The maximum Gasteiger partial charge on any atom is 0.342 e. The summed E-state index contributed by atoms with van der Waals surface area (Å²) < 4.78 is 23.4. The number of nitrogens with one attached hydrogen (secondary N) is 1. The lowest BCUT2D eigenvalue weighted by atomic mass is 9.90. The molecule has 1 rings (SSSR count). The summed E-state index contributed by atoms with van der Waals surface area (Å²) in [5.74, 6) is -1.15.